The van der Waals surface area contributed by atoms with Crippen molar-refractivity contribution in [1.82, 2.24) is 0 Å². The molecule has 0 amide bonds. The molecule has 3 N–H and O–H groups in total. The third kappa shape index (κ3) is 7.22. The summed E-state index contributed by atoms with van der Waals surface area (Å²) in [6.07, 6.45) is 0. The number of aryl methyl sites for hydroxylation is 1. The third-order valence-corrected chi connectivity index (χ3v) is 5.81. The molecular formula is C25H24Cl4N2. The zero-order chi connectivity index (χ0) is 23.0. The van der Waals surface area contributed by atoms with Crippen LogP contribution in [0, 0.1) is 6.92 Å². The molecule has 0 spiro atoms. The van der Waals surface area contributed by atoms with Gasteiger partial charge in [0.2, 0.25) is 0 Å². The highest BCUT2D eigenvalue weighted by atomic mass is 35.5. The summed E-state index contributed by atoms with van der Waals surface area (Å²) in [5, 5.41) is 3.43. The third-order valence-electron chi connectivity index (χ3n) is 4.68. The van der Waals surface area contributed by atoms with Crippen molar-refractivity contribution >= 4 is 74.6 Å². The lowest BCUT2D eigenvalue weighted by Crippen LogP contribution is -1.96. The minimum atomic E-state index is 0.257. The average Bonchev–Trinajstić information content (AvgIpc) is 2.75. The normalized spacial score (nSPS) is 9.90. The molecule has 0 heterocycles. The number of nitrogens with two attached hydrogens (primary N) is 1. The van der Waals surface area contributed by atoms with E-state index in [0.717, 1.165) is 33.6 Å². The van der Waals surface area contributed by atoms with Crippen LogP contribution in [-0.2, 0) is 0 Å². The highest BCUT2D eigenvalue weighted by Crippen LogP contribution is 2.32. The topological polar surface area (TPSA) is 38.0 Å². The first kappa shape index (κ1) is 25.2. The minimum absolute atomic E-state index is 0.257. The molecule has 0 saturated carbocycles. The maximum Gasteiger partial charge on any atom is 0.110 e. The summed E-state index contributed by atoms with van der Waals surface area (Å²) in [4.78, 5) is 0. The second-order valence-electron chi connectivity index (χ2n) is 6.84. The van der Waals surface area contributed by atoms with Gasteiger partial charge in [0.1, 0.15) is 8.98 Å². The molecule has 0 saturated heterocycles. The summed E-state index contributed by atoms with van der Waals surface area (Å²) >= 11 is 23.0. The summed E-state index contributed by atoms with van der Waals surface area (Å²) in [6.45, 7) is 5.82. The maximum atomic E-state index is 5.89. The molecule has 0 aliphatic rings. The van der Waals surface area contributed by atoms with E-state index in [0.29, 0.717) is 10.2 Å². The lowest BCUT2D eigenvalue weighted by Gasteiger charge is -2.14. The summed E-state index contributed by atoms with van der Waals surface area (Å²) in [7, 11) is 0. The monoisotopic (exact) mass is 492 g/mol. The Bertz CT molecular complexity index is 1100. The Labute approximate surface area is 204 Å². The van der Waals surface area contributed by atoms with E-state index in [9.17, 15) is 0 Å². The average molecular weight is 494 g/mol. The Morgan fingerprint density at radius 1 is 0.645 bits per heavy atom. The zero-order valence-electron chi connectivity index (χ0n) is 17.5. The Kier molecular flexibility index (Phi) is 9.80. The van der Waals surface area contributed by atoms with Crippen LogP contribution in [-0.4, -0.2) is 0 Å². The van der Waals surface area contributed by atoms with E-state index in [1.807, 2.05) is 80.6 Å². The first-order valence-corrected chi connectivity index (χ1v) is 11.0. The molecule has 0 aliphatic carbocycles. The number of halogens is 4. The Morgan fingerprint density at radius 3 is 1.65 bits per heavy atom. The van der Waals surface area contributed by atoms with E-state index < -0.39 is 0 Å². The van der Waals surface area contributed by atoms with Crippen LogP contribution in [0.5, 0.6) is 0 Å². The van der Waals surface area contributed by atoms with Gasteiger partial charge in [-0.05, 0) is 55.7 Å². The van der Waals surface area contributed by atoms with Crippen molar-refractivity contribution in [3.05, 3.63) is 98.5 Å². The quantitative estimate of drug-likeness (QED) is 0.355. The molecule has 6 heteroatoms. The zero-order valence-corrected chi connectivity index (χ0v) is 20.5. The van der Waals surface area contributed by atoms with E-state index in [1.54, 1.807) is 0 Å². The van der Waals surface area contributed by atoms with E-state index >= 15 is 0 Å². The molecule has 3 rings (SSSR count). The molecule has 3 aromatic rings. The van der Waals surface area contributed by atoms with Gasteiger partial charge in [-0.25, -0.2) is 0 Å². The fourth-order valence-electron chi connectivity index (χ4n) is 2.82. The molecule has 2 nitrogen and oxygen atoms in total. The standard InChI is InChI=1S/C16H15Cl2N.C9H9Cl2N/c1-11-7-3-5-9-14(11)19-15-10-6-4-8-13(15)12(2)16(17)18;1-6(9(10)11)7-4-2-3-5-8(7)12/h3-10,19H,1-2H3;2-5H,12H2,1H3. The number of nitrogens with one attached hydrogen (secondary N) is 1. The van der Waals surface area contributed by atoms with Gasteiger partial charge in [0, 0.05) is 28.2 Å². The van der Waals surface area contributed by atoms with Crippen molar-refractivity contribution in [2.24, 2.45) is 0 Å². The second-order valence-corrected chi connectivity index (χ2v) is 8.74. The molecule has 0 bridgehead atoms. The van der Waals surface area contributed by atoms with Gasteiger partial charge in [0.15, 0.2) is 0 Å². The number of hydrogen-bond donors (Lipinski definition) is 2. The highest BCUT2D eigenvalue weighted by Gasteiger charge is 2.07. The number of benzene rings is 3. The summed E-state index contributed by atoms with van der Waals surface area (Å²) < 4.78 is 0.548. The molecule has 162 valence electrons. The van der Waals surface area contributed by atoms with Crippen LogP contribution in [0.15, 0.2) is 81.8 Å². The molecule has 31 heavy (non-hydrogen) atoms. The first-order valence-electron chi connectivity index (χ1n) is 9.53. The number of allylic oxidation sites excluding steroid dienone is 2. The van der Waals surface area contributed by atoms with Crippen molar-refractivity contribution in [1.29, 1.82) is 0 Å². The van der Waals surface area contributed by atoms with E-state index in [-0.39, 0.29) is 4.49 Å². The van der Waals surface area contributed by atoms with Gasteiger partial charge in [-0.1, -0.05) is 101 Å². The summed E-state index contributed by atoms with van der Waals surface area (Å²) in [5.41, 5.74) is 13.2. The van der Waals surface area contributed by atoms with Crippen molar-refractivity contribution < 1.29 is 0 Å². The lowest BCUT2D eigenvalue weighted by molar-refractivity contribution is 1.42. The molecule has 0 radical (unpaired) electrons. The largest absolute Gasteiger partial charge is 0.398 e. The van der Waals surface area contributed by atoms with Crippen LogP contribution in [0.1, 0.15) is 30.5 Å². The number of rotatable bonds is 4. The van der Waals surface area contributed by atoms with Gasteiger partial charge in [-0.3, -0.25) is 0 Å². The predicted molar refractivity (Wildman–Crippen MR) is 140 cm³/mol. The second kappa shape index (κ2) is 12.1. The molecule has 0 unspecified atom stereocenters. The van der Waals surface area contributed by atoms with Crippen LogP contribution in [0.2, 0.25) is 0 Å². The number of anilines is 3. The van der Waals surface area contributed by atoms with Crippen LogP contribution in [0.25, 0.3) is 11.1 Å². The first-order chi connectivity index (χ1) is 14.7. The fraction of sp³-hybridized carbons (Fsp3) is 0.120. The number of para-hydroxylation sites is 3. The minimum Gasteiger partial charge on any atom is -0.398 e. The van der Waals surface area contributed by atoms with Gasteiger partial charge >= 0.3 is 0 Å². The summed E-state index contributed by atoms with van der Waals surface area (Å²) in [5.74, 6) is 0. The maximum absolute atomic E-state index is 5.89. The van der Waals surface area contributed by atoms with E-state index in [2.05, 4.69) is 18.3 Å². The molecule has 0 aromatic heterocycles. The smallest absolute Gasteiger partial charge is 0.110 e. The Morgan fingerprint density at radius 2 is 1.10 bits per heavy atom. The fourth-order valence-corrected chi connectivity index (χ4v) is 3.23. The van der Waals surface area contributed by atoms with Gasteiger partial charge in [-0.15, -0.1) is 0 Å². The lowest BCUT2D eigenvalue weighted by atomic mass is 10.1. The number of hydrogen-bond acceptors (Lipinski definition) is 2. The Hall–Kier alpha value is -2.10. The Balaban J connectivity index is 0.000000245. The van der Waals surface area contributed by atoms with Gasteiger partial charge in [0.05, 0.1) is 0 Å². The van der Waals surface area contributed by atoms with Crippen LogP contribution in [0.3, 0.4) is 0 Å². The van der Waals surface area contributed by atoms with Crippen LogP contribution < -0.4 is 11.1 Å². The van der Waals surface area contributed by atoms with Crippen LogP contribution in [0.4, 0.5) is 17.1 Å². The van der Waals surface area contributed by atoms with Gasteiger partial charge in [0.25, 0.3) is 0 Å². The van der Waals surface area contributed by atoms with Crippen molar-refractivity contribution in [2.45, 2.75) is 20.8 Å². The molecule has 3 aromatic carbocycles. The molecular weight excluding hydrogens is 470 g/mol. The van der Waals surface area contributed by atoms with Crippen molar-refractivity contribution in [3.63, 3.8) is 0 Å². The van der Waals surface area contributed by atoms with E-state index in [1.165, 1.54) is 5.56 Å². The number of nitrogen functional groups attached to an aromatic ring is 1. The highest BCUT2D eigenvalue weighted by molar-refractivity contribution is 6.58. The molecule has 0 aliphatic heterocycles. The van der Waals surface area contributed by atoms with Crippen molar-refractivity contribution in [2.75, 3.05) is 11.1 Å². The van der Waals surface area contributed by atoms with Gasteiger partial charge in [-0.2, -0.15) is 0 Å². The molecule has 0 fully saturated rings. The predicted octanol–water partition coefficient (Wildman–Crippen LogP) is 9.34. The summed E-state index contributed by atoms with van der Waals surface area (Å²) in [6, 6.07) is 23.6. The van der Waals surface area contributed by atoms with Gasteiger partial charge < -0.3 is 11.1 Å². The van der Waals surface area contributed by atoms with E-state index in [4.69, 9.17) is 52.1 Å². The SMILES string of the molecule is CC(=C(Cl)Cl)c1ccccc1N.CC(=C(Cl)Cl)c1ccccc1Nc1ccccc1C. The van der Waals surface area contributed by atoms with Crippen molar-refractivity contribution in [3.8, 4) is 0 Å². The van der Waals surface area contributed by atoms with Crippen LogP contribution >= 0.6 is 46.4 Å². The molecule has 0 atom stereocenters.